The van der Waals surface area contributed by atoms with Crippen LogP contribution in [0.5, 0.6) is 0 Å². The van der Waals surface area contributed by atoms with Gasteiger partial charge >= 0.3 is 5.97 Å². The van der Waals surface area contributed by atoms with Crippen LogP contribution in [0.15, 0.2) is 47.4 Å². The highest BCUT2D eigenvalue weighted by Gasteiger charge is 2.23. The first-order chi connectivity index (χ1) is 12.4. The Morgan fingerprint density at radius 2 is 1.85 bits per heavy atom. The average molecular weight is 370 g/mol. The number of rotatable bonds is 5. The molecule has 2 aromatic carbocycles. The van der Waals surface area contributed by atoms with Crippen LogP contribution in [0, 0.1) is 0 Å². The maximum absolute atomic E-state index is 12.3. The topological polar surface area (TPSA) is 95.5 Å². The summed E-state index contributed by atoms with van der Waals surface area (Å²) in [7, 11) is 0. The molecule has 3 N–H and O–H groups in total. The molecule has 0 aliphatic carbocycles. The van der Waals surface area contributed by atoms with E-state index in [1.165, 1.54) is 11.8 Å². The van der Waals surface area contributed by atoms with Gasteiger partial charge in [0.25, 0.3) is 5.91 Å². The number of hydrogen-bond donors (Lipinski definition) is 3. The van der Waals surface area contributed by atoms with Gasteiger partial charge in [0.05, 0.1) is 16.5 Å². The first-order valence-electron chi connectivity index (χ1n) is 8.16. The SMILES string of the molecule is C[C@H]1Sc2ccc(C(=O)NCCc3ccc(C(=O)O)cc3)cc2NC1=O. The predicted octanol–water partition coefficient (Wildman–Crippen LogP) is 2.79. The highest BCUT2D eigenvalue weighted by atomic mass is 32.2. The van der Waals surface area contributed by atoms with E-state index in [9.17, 15) is 14.4 Å². The van der Waals surface area contributed by atoms with Crippen molar-refractivity contribution >= 4 is 35.2 Å². The first-order valence-corrected chi connectivity index (χ1v) is 9.04. The standard InChI is InChI=1S/C19H18N2O4S/c1-11-17(22)21-15-10-14(6-7-16(15)26-11)18(23)20-9-8-12-2-4-13(5-3-12)19(24)25/h2-7,10-11H,8-9H2,1H3,(H,20,23)(H,21,22)(H,24,25)/t11-/m1/s1. The second-order valence-corrected chi connectivity index (χ2v) is 7.35. The van der Waals surface area contributed by atoms with Gasteiger partial charge in [0.1, 0.15) is 0 Å². The van der Waals surface area contributed by atoms with Gasteiger partial charge in [-0.3, -0.25) is 9.59 Å². The Morgan fingerprint density at radius 3 is 2.54 bits per heavy atom. The number of thioether (sulfide) groups is 1. The Hall–Kier alpha value is -2.80. The van der Waals surface area contributed by atoms with Crippen molar-refractivity contribution in [3.05, 3.63) is 59.2 Å². The number of fused-ring (bicyclic) bond motifs is 1. The molecule has 0 radical (unpaired) electrons. The highest BCUT2D eigenvalue weighted by molar-refractivity contribution is 8.00. The zero-order chi connectivity index (χ0) is 18.7. The van der Waals surface area contributed by atoms with Gasteiger partial charge in [-0.2, -0.15) is 0 Å². The molecule has 0 saturated carbocycles. The van der Waals surface area contributed by atoms with Crippen LogP contribution in [-0.2, 0) is 11.2 Å². The molecule has 0 unspecified atom stereocenters. The van der Waals surface area contributed by atoms with Crippen molar-refractivity contribution in [3.63, 3.8) is 0 Å². The lowest BCUT2D eigenvalue weighted by Gasteiger charge is -2.21. The van der Waals surface area contributed by atoms with E-state index >= 15 is 0 Å². The summed E-state index contributed by atoms with van der Waals surface area (Å²) in [5.41, 5.74) is 2.33. The van der Waals surface area contributed by atoms with Gasteiger partial charge < -0.3 is 15.7 Å². The summed E-state index contributed by atoms with van der Waals surface area (Å²) in [6, 6.07) is 11.8. The fourth-order valence-corrected chi connectivity index (χ4v) is 3.52. The van der Waals surface area contributed by atoms with Crippen molar-refractivity contribution in [3.8, 4) is 0 Å². The minimum atomic E-state index is -0.961. The number of carbonyl (C=O) groups is 3. The van der Waals surface area contributed by atoms with E-state index in [2.05, 4.69) is 10.6 Å². The Balaban J connectivity index is 1.58. The summed E-state index contributed by atoms with van der Waals surface area (Å²) < 4.78 is 0. The molecular formula is C19H18N2O4S. The van der Waals surface area contributed by atoms with Crippen molar-refractivity contribution in [1.29, 1.82) is 0 Å². The van der Waals surface area contributed by atoms with Gasteiger partial charge in [0.2, 0.25) is 5.91 Å². The number of benzene rings is 2. The van der Waals surface area contributed by atoms with Gasteiger partial charge in [0.15, 0.2) is 0 Å². The minimum absolute atomic E-state index is 0.0649. The lowest BCUT2D eigenvalue weighted by Crippen LogP contribution is -2.28. The van der Waals surface area contributed by atoms with E-state index in [1.807, 2.05) is 13.0 Å². The molecule has 0 spiro atoms. The van der Waals surface area contributed by atoms with Crippen molar-refractivity contribution in [1.82, 2.24) is 5.32 Å². The summed E-state index contributed by atoms with van der Waals surface area (Å²) in [6.45, 7) is 2.27. The van der Waals surface area contributed by atoms with E-state index in [1.54, 1.807) is 36.4 Å². The van der Waals surface area contributed by atoms with Gasteiger partial charge in [0, 0.05) is 17.0 Å². The Bertz CT molecular complexity index is 864. The molecule has 6 nitrogen and oxygen atoms in total. The summed E-state index contributed by atoms with van der Waals surface area (Å²) in [5.74, 6) is -1.24. The third kappa shape index (κ3) is 4.05. The molecule has 1 aliphatic heterocycles. The molecule has 0 fully saturated rings. The third-order valence-electron chi connectivity index (χ3n) is 4.07. The summed E-state index contributed by atoms with van der Waals surface area (Å²) in [6.07, 6.45) is 0.598. The smallest absolute Gasteiger partial charge is 0.335 e. The van der Waals surface area contributed by atoms with E-state index < -0.39 is 5.97 Å². The van der Waals surface area contributed by atoms with E-state index in [4.69, 9.17) is 5.11 Å². The normalized spacial score (nSPS) is 15.7. The van der Waals surface area contributed by atoms with E-state index in [0.717, 1.165) is 10.5 Å². The van der Waals surface area contributed by atoms with Gasteiger partial charge in [-0.05, 0) is 49.2 Å². The van der Waals surface area contributed by atoms with Crippen LogP contribution < -0.4 is 10.6 Å². The molecule has 2 aromatic rings. The zero-order valence-corrected chi connectivity index (χ0v) is 14.9. The molecule has 2 amide bonds. The molecule has 1 atom stereocenters. The Labute approximate surface area is 155 Å². The molecule has 1 heterocycles. The van der Waals surface area contributed by atoms with Crippen LogP contribution >= 0.6 is 11.8 Å². The maximum Gasteiger partial charge on any atom is 0.335 e. The van der Waals surface area contributed by atoms with E-state index in [0.29, 0.717) is 24.2 Å². The first kappa shape index (κ1) is 18.0. The molecule has 134 valence electrons. The Kier molecular flexibility index (Phi) is 5.27. The molecule has 3 rings (SSSR count). The van der Waals surface area contributed by atoms with Crippen LogP contribution in [0.4, 0.5) is 5.69 Å². The zero-order valence-electron chi connectivity index (χ0n) is 14.1. The van der Waals surface area contributed by atoms with Crippen LogP contribution in [0.1, 0.15) is 33.2 Å². The molecule has 26 heavy (non-hydrogen) atoms. The molecule has 0 bridgehead atoms. The fourth-order valence-electron chi connectivity index (χ4n) is 2.59. The largest absolute Gasteiger partial charge is 0.478 e. The van der Waals surface area contributed by atoms with Crippen molar-refractivity contribution in [2.24, 2.45) is 0 Å². The number of nitrogens with one attached hydrogen (secondary N) is 2. The maximum atomic E-state index is 12.3. The van der Waals surface area contributed by atoms with Crippen LogP contribution in [-0.4, -0.2) is 34.7 Å². The average Bonchev–Trinajstić information content (AvgIpc) is 2.62. The van der Waals surface area contributed by atoms with Crippen LogP contribution in [0.3, 0.4) is 0 Å². The number of carbonyl (C=O) groups excluding carboxylic acids is 2. The molecule has 1 aliphatic rings. The van der Waals surface area contributed by atoms with Crippen LogP contribution in [0.2, 0.25) is 0 Å². The lowest BCUT2D eigenvalue weighted by molar-refractivity contribution is -0.115. The molecule has 0 aromatic heterocycles. The monoisotopic (exact) mass is 370 g/mol. The summed E-state index contributed by atoms with van der Waals surface area (Å²) in [5, 5.41) is 14.4. The number of amides is 2. The van der Waals surface area contributed by atoms with Crippen molar-refractivity contribution in [2.45, 2.75) is 23.5 Å². The molecule has 7 heteroatoms. The highest BCUT2D eigenvalue weighted by Crippen LogP contribution is 2.35. The number of anilines is 1. The lowest BCUT2D eigenvalue weighted by atomic mass is 10.1. The number of carboxylic acid groups (broad SMARTS) is 1. The molecule has 0 saturated heterocycles. The van der Waals surface area contributed by atoms with Gasteiger partial charge in [-0.15, -0.1) is 11.8 Å². The van der Waals surface area contributed by atoms with Crippen LogP contribution in [0.25, 0.3) is 0 Å². The second kappa shape index (κ2) is 7.61. The van der Waals surface area contributed by atoms with E-state index in [-0.39, 0.29) is 22.6 Å². The van der Waals surface area contributed by atoms with Gasteiger partial charge in [-0.25, -0.2) is 4.79 Å². The summed E-state index contributed by atoms with van der Waals surface area (Å²) in [4.78, 5) is 35.8. The predicted molar refractivity (Wildman–Crippen MR) is 99.8 cm³/mol. The third-order valence-corrected chi connectivity index (χ3v) is 5.25. The quantitative estimate of drug-likeness (QED) is 0.752. The summed E-state index contributed by atoms with van der Waals surface area (Å²) >= 11 is 1.47. The molecular weight excluding hydrogens is 352 g/mol. The number of hydrogen-bond acceptors (Lipinski definition) is 4. The second-order valence-electron chi connectivity index (χ2n) is 5.97. The Morgan fingerprint density at radius 1 is 1.15 bits per heavy atom. The number of aromatic carboxylic acids is 1. The fraction of sp³-hybridized carbons (Fsp3) is 0.211. The van der Waals surface area contributed by atoms with Crippen molar-refractivity contribution in [2.75, 3.05) is 11.9 Å². The number of carboxylic acids is 1. The minimum Gasteiger partial charge on any atom is -0.478 e. The van der Waals surface area contributed by atoms with Crippen molar-refractivity contribution < 1.29 is 19.5 Å². The van der Waals surface area contributed by atoms with Gasteiger partial charge in [-0.1, -0.05) is 12.1 Å².